The average molecular weight is 268 g/mol. The summed E-state index contributed by atoms with van der Waals surface area (Å²) in [6.07, 6.45) is 4.30. The van der Waals surface area contributed by atoms with Crippen LogP contribution in [0.2, 0.25) is 0 Å². The first-order valence-corrected chi connectivity index (χ1v) is 6.46. The Morgan fingerprint density at radius 3 is 2.95 bits per heavy atom. The summed E-state index contributed by atoms with van der Waals surface area (Å²) in [5, 5.41) is 0. The van der Waals surface area contributed by atoms with Gasteiger partial charge < -0.3 is 10.5 Å². The van der Waals surface area contributed by atoms with Crippen molar-refractivity contribution in [2.75, 3.05) is 19.5 Å². The number of hydrogen-bond donors (Lipinski definition) is 1. The van der Waals surface area contributed by atoms with Gasteiger partial charge in [0.15, 0.2) is 0 Å². The van der Waals surface area contributed by atoms with E-state index >= 15 is 0 Å². The highest BCUT2D eigenvalue weighted by Gasteiger charge is 2.12. The number of imidazole rings is 1. The van der Waals surface area contributed by atoms with Crippen molar-refractivity contribution in [3.05, 3.63) is 48.3 Å². The molecule has 0 unspecified atom stereocenters. The van der Waals surface area contributed by atoms with Crippen molar-refractivity contribution in [1.29, 1.82) is 0 Å². The van der Waals surface area contributed by atoms with E-state index in [9.17, 15) is 0 Å². The first kappa shape index (κ1) is 12.6. The van der Waals surface area contributed by atoms with E-state index in [1.54, 1.807) is 19.5 Å². The molecule has 20 heavy (non-hydrogen) atoms. The van der Waals surface area contributed by atoms with Gasteiger partial charge in [0.05, 0.1) is 24.0 Å². The van der Waals surface area contributed by atoms with Gasteiger partial charge in [0.2, 0.25) is 5.95 Å². The molecule has 0 fully saturated rings. The molecule has 0 aliphatic rings. The van der Waals surface area contributed by atoms with Crippen LogP contribution in [0.3, 0.4) is 0 Å². The van der Waals surface area contributed by atoms with E-state index in [1.807, 2.05) is 28.8 Å². The molecule has 3 aromatic rings. The maximum absolute atomic E-state index is 6.08. The first-order valence-electron chi connectivity index (χ1n) is 6.46. The SMILES string of the molecule is COCCc1ccccc1-n1c(N)nc2cnccc21. The molecule has 1 aromatic carbocycles. The molecular formula is C15H16N4O. The summed E-state index contributed by atoms with van der Waals surface area (Å²) in [4.78, 5) is 8.44. The van der Waals surface area contributed by atoms with E-state index in [2.05, 4.69) is 16.0 Å². The lowest BCUT2D eigenvalue weighted by atomic mass is 10.1. The Bertz CT molecular complexity index is 736. The summed E-state index contributed by atoms with van der Waals surface area (Å²) < 4.78 is 7.13. The van der Waals surface area contributed by atoms with Crippen LogP contribution in [0.1, 0.15) is 5.56 Å². The van der Waals surface area contributed by atoms with E-state index in [-0.39, 0.29) is 0 Å². The predicted molar refractivity (Wildman–Crippen MR) is 78.9 cm³/mol. The quantitative estimate of drug-likeness (QED) is 0.787. The molecule has 0 amide bonds. The lowest BCUT2D eigenvalue weighted by Crippen LogP contribution is -2.05. The molecule has 102 valence electrons. The van der Waals surface area contributed by atoms with Gasteiger partial charge in [-0.05, 0) is 24.1 Å². The van der Waals surface area contributed by atoms with Crippen LogP contribution >= 0.6 is 0 Å². The maximum atomic E-state index is 6.08. The predicted octanol–water partition coefficient (Wildman–Crippen LogP) is 2.19. The Hall–Kier alpha value is -2.40. The number of nitrogens with two attached hydrogens (primary N) is 1. The summed E-state index contributed by atoms with van der Waals surface area (Å²) in [7, 11) is 1.70. The fraction of sp³-hybridized carbons (Fsp3) is 0.200. The molecule has 0 saturated heterocycles. The minimum atomic E-state index is 0.470. The molecule has 2 heterocycles. The molecule has 0 bridgehead atoms. The molecule has 0 radical (unpaired) electrons. The number of fused-ring (bicyclic) bond motifs is 1. The second-order valence-electron chi connectivity index (χ2n) is 4.54. The fourth-order valence-electron chi connectivity index (χ4n) is 2.36. The minimum Gasteiger partial charge on any atom is -0.384 e. The number of anilines is 1. The van der Waals surface area contributed by atoms with Crippen molar-refractivity contribution in [1.82, 2.24) is 14.5 Å². The van der Waals surface area contributed by atoms with Crippen molar-refractivity contribution in [2.45, 2.75) is 6.42 Å². The van der Waals surface area contributed by atoms with Crippen LogP contribution in [0.25, 0.3) is 16.7 Å². The van der Waals surface area contributed by atoms with Crippen molar-refractivity contribution in [3.8, 4) is 5.69 Å². The Morgan fingerprint density at radius 1 is 1.25 bits per heavy atom. The number of ether oxygens (including phenoxy) is 1. The summed E-state index contributed by atoms with van der Waals surface area (Å²) in [6.45, 7) is 0.672. The average Bonchev–Trinajstić information content (AvgIpc) is 2.81. The van der Waals surface area contributed by atoms with Crippen molar-refractivity contribution in [2.24, 2.45) is 0 Å². The fourth-order valence-corrected chi connectivity index (χ4v) is 2.36. The van der Waals surface area contributed by atoms with Gasteiger partial charge in [-0.1, -0.05) is 18.2 Å². The van der Waals surface area contributed by atoms with Gasteiger partial charge in [0.1, 0.15) is 5.52 Å². The highest BCUT2D eigenvalue weighted by atomic mass is 16.5. The van der Waals surface area contributed by atoms with Gasteiger partial charge in [0, 0.05) is 13.3 Å². The van der Waals surface area contributed by atoms with Crippen LogP contribution in [-0.2, 0) is 11.2 Å². The highest BCUT2D eigenvalue weighted by molar-refractivity contribution is 5.80. The zero-order valence-electron chi connectivity index (χ0n) is 11.3. The summed E-state index contributed by atoms with van der Waals surface area (Å²) in [5.41, 5.74) is 10.0. The van der Waals surface area contributed by atoms with E-state index in [0.717, 1.165) is 23.1 Å². The molecule has 2 N–H and O–H groups in total. The number of para-hydroxylation sites is 1. The molecule has 3 rings (SSSR count). The molecule has 5 nitrogen and oxygen atoms in total. The van der Waals surface area contributed by atoms with Gasteiger partial charge in [-0.15, -0.1) is 0 Å². The zero-order chi connectivity index (χ0) is 13.9. The summed E-state index contributed by atoms with van der Waals surface area (Å²) >= 11 is 0. The summed E-state index contributed by atoms with van der Waals surface area (Å²) in [6, 6.07) is 10.1. The van der Waals surface area contributed by atoms with Gasteiger partial charge >= 0.3 is 0 Å². The van der Waals surface area contributed by atoms with E-state index in [4.69, 9.17) is 10.5 Å². The number of nitrogen functional groups attached to an aromatic ring is 1. The minimum absolute atomic E-state index is 0.470. The molecule has 0 saturated carbocycles. The number of hydrogen-bond acceptors (Lipinski definition) is 4. The van der Waals surface area contributed by atoms with Crippen LogP contribution in [0.5, 0.6) is 0 Å². The normalized spacial score (nSPS) is 11.1. The number of pyridine rings is 1. The smallest absolute Gasteiger partial charge is 0.205 e. The van der Waals surface area contributed by atoms with E-state index < -0.39 is 0 Å². The number of rotatable bonds is 4. The third kappa shape index (κ3) is 2.12. The third-order valence-corrected chi connectivity index (χ3v) is 3.29. The Kier molecular flexibility index (Phi) is 3.35. The van der Waals surface area contributed by atoms with Gasteiger partial charge in [-0.2, -0.15) is 0 Å². The second kappa shape index (κ2) is 5.30. The summed E-state index contributed by atoms with van der Waals surface area (Å²) in [5.74, 6) is 0.470. The molecule has 0 aliphatic heterocycles. The number of benzene rings is 1. The number of methoxy groups -OCH3 is 1. The molecule has 0 aliphatic carbocycles. The molecule has 0 atom stereocenters. The molecular weight excluding hydrogens is 252 g/mol. The zero-order valence-corrected chi connectivity index (χ0v) is 11.3. The van der Waals surface area contributed by atoms with Gasteiger partial charge in [-0.25, -0.2) is 4.98 Å². The molecule has 0 spiro atoms. The van der Waals surface area contributed by atoms with Crippen molar-refractivity contribution < 1.29 is 4.74 Å². The second-order valence-corrected chi connectivity index (χ2v) is 4.54. The standard InChI is InChI=1S/C15H16N4O/c1-20-9-7-11-4-2-3-5-13(11)19-14-6-8-17-10-12(14)18-15(19)16/h2-6,8,10H,7,9H2,1H3,(H2,16,18). The monoisotopic (exact) mass is 268 g/mol. The van der Waals surface area contributed by atoms with Crippen LogP contribution < -0.4 is 5.73 Å². The molecule has 2 aromatic heterocycles. The third-order valence-electron chi connectivity index (χ3n) is 3.29. The first-order chi connectivity index (χ1) is 9.81. The Balaban J connectivity index is 2.18. The molecule has 5 heteroatoms. The number of nitrogens with zero attached hydrogens (tertiary/aromatic N) is 3. The van der Waals surface area contributed by atoms with Crippen LogP contribution in [0.15, 0.2) is 42.7 Å². The van der Waals surface area contributed by atoms with E-state index in [0.29, 0.717) is 12.6 Å². The van der Waals surface area contributed by atoms with Crippen LogP contribution in [-0.4, -0.2) is 28.3 Å². The topological polar surface area (TPSA) is 66.0 Å². The largest absolute Gasteiger partial charge is 0.384 e. The van der Waals surface area contributed by atoms with Crippen molar-refractivity contribution in [3.63, 3.8) is 0 Å². The van der Waals surface area contributed by atoms with Crippen LogP contribution in [0, 0.1) is 0 Å². The highest BCUT2D eigenvalue weighted by Crippen LogP contribution is 2.24. The van der Waals surface area contributed by atoms with Crippen molar-refractivity contribution >= 4 is 17.0 Å². The number of aromatic nitrogens is 3. The lowest BCUT2D eigenvalue weighted by molar-refractivity contribution is 0.202. The van der Waals surface area contributed by atoms with E-state index in [1.165, 1.54) is 5.56 Å². The lowest BCUT2D eigenvalue weighted by Gasteiger charge is -2.12. The van der Waals surface area contributed by atoms with Gasteiger partial charge in [0.25, 0.3) is 0 Å². The Morgan fingerprint density at radius 2 is 2.10 bits per heavy atom. The maximum Gasteiger partial charge on any atom is 0.205 e. The van der Waals surface area contributed by atoms with Gasteiger partial charge in [-0.3, -0.25) is 9.55 Å². The Labute approximate surface area is 117 Å². The van der Waals surface area contributed by atoms with Crippen LogP contribution in [0.4, 0.5) is 5.95 Å².